The third kappa shape index (κ3) is 78.8. The van der Waals surface area contributed by atoms with Gasteiger partial charge in [-0.05, 0) is 116 Å². The Morgan fingerprint density at radius 3 is 0.597 bits per heavy atom. The van der Waals surface area contributed by atoms with Crippen LogP contribution in [0.5, 0.6) is 0 Å². The van der Waals surface area contributed by atoms with E-state index < -0.39 is 17.9 Å². The van der Waals surface area contributed by atoms with E-state index in [2.05, 4.69) is 57.2 Å². The molecule has 0 heterocycles. The molecule has 0 fully saturated rings. The first kappa shape index (κ1) is 67.0. The van der Waals surface area contributed by atoms with Crippen molar-refractivity contribution in [3.05, 3.63) is 36.5 Å². The topological polar surface area (TPSA) is 141 Å². The summed E-state index contributed by atoms with van der Waals surface area (Å²) in [6.07, 6.45) is 62.7. The van der Waals surface area contributed by atoms with Crippen LogP contribution in [0.1, 0.15) is 290 Å². The predicted molar refractivity (Wildman–Crippen MR) is 261 cm³/mol. The van der Waals surface area contributed by atoms with Gasteiger partial charge >= 0.3 is 26.4 Å². The molecule has 0 rings (SSSR count). The van der Waals surface area contributed by atoms with Gasteiger partial charge in [0.1, 0.15) is 0 Å². The summed E-state index contributed by atoms with van der Waals surface area (Å²) in [5.41, 5.74) is 0. The molecule has 0 aliphatic carbocycles. The van der Waals surface area contributed by atoms with Gasteiger partial charge in [-0.15, -0.1) is 0 Å². The number of allylic oxidation sites excluding steroid dienone is 6. The van der Waals surface area contributed by atoms with E-state index in [1.807, 2.05) is 0 Å². The van der Waals surface area contributed by atoms with Gasteiger partial charge < -0.3 is 29.7 Å². The van der Waals surface area contributed by atoms with Gasteiger partial charge in [-0.2, -0.15) is 0 Å². The van der Waals surface area contributed by atoms with Crippen molar-refractivity contribution in [2.75, 3.05) is 0 Å². The molecule has 7 nitrogen and oxygen atoms in total. The first-order valence-corrected chi connectivity index (χ1v) is 27.4. The summed E-state index contributed by atoms with van der Waals surface area (Å²) in [6, 6.07) is 0. The number of carboxylic acid groups (broad SMARTS) is 3. The van der Waals surface area contributed by atoms with Crippen LogP contribution in [-0.2, 0) is 14.4 Å². The van der Waals surface area contributed by atoms with Crippen LogP contribution in [-0.4, -0.2) is 44.3 Å². The second-order valence-corrected chi connectivity index (χ2v) is 17.1. The fourth-order valence-corrected chi connectivity index (χ4v) is 7.02. The summed E-state index contributed by atoms with van der Waals surface area (Å²) >= 11 is 0.550. The van der Waals surface area contributed by atoms with Crippen molar-refractivity contribution in [3.8, 4) is 0 Å². The van der Waals surface area contributed by atoms with Crippen molar-refractivity contribution >= 4 is 40.8 Å². The zero-order chi connectivity index (χ0) is 46.7. The molecule has 0 saturated carbocycles. The molecule has 0 spiro atoms. The van der Waals surface area contributed by atoms with Crippen LogP contribution < -0.4 is 15.3 Å². The Kier molecular flexibility index (Phi) is 71.3. The van der Waals surface area contributed by atoms with Gasteiger partial charge in [-0.25, -0.2) is 0 Å². The summed E-state index contributed by atoms with van der Waals surface area (Å²) < 4.78 is 7.09. The standard InChI is InChI=1S/3C18H34O2.H2O.Sn/c3*1-2-3-4-5-6-7-8-9-10-11-12-13-14-15-16-17-18(19)20;;/h3*9-10H,2-8,11-17H2,1H3,(H,19,20);1H2;/q;;;;+4/p-4/b3*10-9-;;. The number of unbranched alkanes of at least 4 members (excludes halogenated alkanes) is 33. The Labute approximate surface area is 398 Å². The fourth-order valence-electron chi connectivity index (χ4n) is 7.02. The van der Waals surface area contributed by atoms with E-state index >= 15 is 0 Å². The van der Waals surface area contributed by atoms with Crippen molar-refractivity contribution in [2.24, 2.45) is 0 Å². The van der Waals surface area contributed by atoms with Crippen LogP contribution in [0, 0.1) is 0 Å². The molecule has 0 saturated heterocycles. The number of aliphatic carboxylic acids is 3. The van der Waals surface area contributed by atoms with Gasteiger partial charge in [0.15, 0.2) is 0 Å². The second kappa shape index (κ2) is 66.0. The van der Waals surface area contributed by atoms with Gasteiger partial charge in [-0.1, -0.05) is 211 Å². The molecule has 8 heteroatoms. The summed E-state index contributed by atoms with van der Waals surface area (Å²) in [6.45, 7) is 6.77. The quantitative estimate of drug-likeness (QED) is 0.0364. The Balaban J connectivity index is -0.000000398. The van der Waals surface area contributed by atoms with Crippen LogP contribution in [0.25, 0.3) is 0 Å². The summed E-state index contributed by atoms with van der Waals surface area (Å²) in [5, 5.41) is 30.6. The molecule has 0 unspecified atom stereocenters. The van der Waals surface area contributed by atoms with Gasteiger partial charge in [0.05, 0.1) is 0 Å². The number of carboxylic acids is 3. The van der Waals surface area contributed by atoms with Crippen LogP contribution in [0.15, 0.2) is 36.5 Å². The molecule has 1 N–H and O–H groups in total. The fraction of sp³-hybridized carbons (Fsp3) is 0.833. The van der Waals surface area contributed by atoms with Crippen LogP contribution >= 0.6 is 0 Å². The van der Waals surface area contributed by atoms with E-state index in [1.165, 1.54) is 193 Å². The maximum absolute atomic E-state index is 10.2. The predicted octanol–water partition coefficient (Wildman–Crippen LogP) is 13.4. The molecule has 0 aliphatic rings. The molecular weight excluding hydrogens is 879 g/mol. The number of rotatable bonds is 45. The summed E-state index contributed by atoms with van der Waals surface area (Å²) in [7, 11) is 0. The number of hydrogen-bond acceptors (Lipinski definition) is 7. The maximum atomic E-state index is 10.2. The van der Waals surface area contributed by atoms with Gasteiger partial charge in [0.25, 0.3) is 0 Å². The minimum atomic E-state index is -0.914. The van der Waals surface area contributed by atoms with Crippen molar-refractivity contribution in [3.63, 3.8) is 0 Å². The Hall–Kier alpha value is -1.61. The molecule has 62 heavy (non-hydrogen) atoms. The number of carbonyl (C=O) groups excluding carboxylic acids is 3. The van der Waals surface area contributed by atoms with E-state index in [4.69, 9.17) is 3.44 Å². The first-order valence-electron chi connectivity index (χ1n) is 26.1. The van der Waals surface area contributed by atoms with Crippen molar-refractivity contribution < 1.29 is 33.1 Å². The van der Waals surface area contributed by atoms with Gasteiger partial charge in [-0.3, -0.25) is 0 Å². The minimum absolute atomic E-state index is 0.220. The van der Waals surface area contributed by atoms with E-state index in [0.29, 0.717) is 22.9 Å². The average molecular weight is 980 g/mol. The van der Waals surface area contributed by atoms with E-state index in [0.717, 1.165) is 57.8 Å². The van der Waals surface area contributed by atoms with Crippen molar-refractivity contribution in [2.45, 2.75) is 290 Å². The third-order valence-electron chi connectivity index (χ3n) is 10.9. The molecule has 0 aromatic carbocycles. The molecule has 0 bridgehead atoms. The van der Waals surface area contributed by atoms with E-state index in [1.54, 1.807) is 0 Å². The zero-order valence-corrected chi connectivity index (χ0v) is 43.9. The zero-order valence-electron chi connectivity index (χ0n) is 41.1. The Morgan fingerprint density at radius 2 is 0.435 bits per heavy atom. The average Bonchev–Trinajstić information content (AvgIpc) is 3.26. The Morgan fingerprint density at radius 1 is 0.290 bits per heavy atom. The molecule has 362 valence electrons. The van der Waals surface area contributed by atoms with Gasteiger partial charge in [0.2, 0.25) is 0 Å². The molecule has 0 aromatic heterocycles. The normalized spacial score (nSPS) is 11.0. The van der Waals surface area contributed by atoms with E-state index in [9.17, 15) is 29.7 Å². The second-order valence-electron chi connectivity index (χ2n) is 17.1. The SMILES string of the molecule is CCCCCCCC/C=C\CCCCCCCC(=O)[O-].CCCCCCCC/C=C\CCCCCCCC(=O)[O-].CCCCCCCC/C=C\CCCCCCCC(=O)[O-].[OH][Sn+3]. The summed E-state index contributed by atoms with van der Waals surface area (Å²) in [4.78, 5) is 30.6. The third-order valence-corrected chi connectivity index (χ3v) is 10.9. The molecule has 0 aromatic rings. The first-order chi connectivity index (χ1) is 30.3. The molecule has 0 aliphatic heterocycles. The van der Waals surface area contributed by atoms with Gasteiger partial charge in [0, 0.05) is 17.9 Å². The van der Waals surface area contributed by atoms with E-state index in [-0.39, 0.29) is 19.3 Å². The van der Waals surface area contributed by atoms with Crippen LogP contribution in [0.2, 0.25) is 0 Å². The molecule has 0 amide bonds. The molecular formula is C54H100O7Sn. The van der Waals surface area contributed by atoms with Crippen LogP contribution in [0.3, 0.4) is 0 Å². The monoisotopic (exact) mass is 981 g/mol. The van der Waals surface area contributed by atoms with Crippen molar-refractivity contribution in [1.82, 2.24) is 0 Å². The van der Waals surface area contributed by atoms with Crippen LogP contribution in [0.4, 0.5) is 0 Å². The molecule has 0 radical (unpaired) electrons. The molecule has 0 atom stereocenters. The number of carbonyl (C=O) groups is 3. The van der Waals surface area contributed by atoms with Crippen molar-refractivity contribution in [1.29, 1.82) is 0 Å². The summed E-state index contributed by atoms with van der Waals surface area (Å²) in [5.74, 6) is -2.74. The number of hydrogen-bond donors (Lipinski definition) is 1. The Bertz CT molecular complexity index is 830.